The molecule has 1 fully saturated rings. The molecule has 1 radical (unpaired) electrons. The molecule has 2 nitrogen and oxygen atoms in total. The van der Waals surface area contributed by atoms with Crippen molar-refractivity contribution in [2.45, 2.75) is 12.6 Å². The van der Waals surface area contributed by atoms with Crippen molar-refractivity contribution in [1.82, 2.24) is 0 Å². The first-order valence-corrected chi connectivity index (χ1v) is 2.76. The Kier molecular flexibility index (Phi) is 2.15. The highest BCUT2D eigenvalue weighted by molar-refractivity contribution is 4.74. The van der Waals surface area contributed by atoms with E-state index >= 15 is 0 Å². The van der Waals surface area contributed by atoms with Crippen molar-refractivity contribution in [2.24, 2.45) is 0 Å². The molecule has 0 N–H and O–H groups in total. The fraction of sp³-hybridized carbons (Fsp3) is 0.800. The highest BCUT2D eigenvalue weighted by Gasteiger charge is 2.35. The molecule has 1 saturated heterocycles. The quantitative estimate of drug-likeness (QED) is 0.570. The number of ether oxygens (including phenoxy) is 2. The second-order valence-electron chi connectivity index (χ2n) is 1.86. The van der Waals surface area contributed by atoms with Gasteiger partial charge < -0.3 is 9.47 Å². The van der Waals surface area contributed by atoms with Crippen LogP contribution in [0.2, 0.25) is 0 Å². The highest BCUT2D eigenvalue weighted by atomic mass is 19.4. The average molecular weight is 155 g/mol. The number of rotatable bonds is 1. The van der Waals surface area contributed by atoms with E-state index in [0.717, 1.165) is 0 Å². The van der Waals surface area contributed by atoms with Crippen molar-refractivity contribution < 1.29 is 22.6 Å². The standard InChI is InChI=1S/C5H6F3O2/c6-5(7,8)3-4-9-1-2-10-4/h1-3H2. The highest BCUT2D eigenvalue weighted by Crippen LogP contribution is 2.29. The summed E-state index contributed by atoms with van der Waals surface area (Å²) in [5, 5.41) is 0. The maximum atomic E-state index is 11.5. The third-order valence-electron chi connectivity index (χ3n) is 0.954. The Morgan fingerprint density at radius 1 is 1.20 bits per heavy atom. The third-order valence-corrected chi connectivity index (χ3v) is 0.954. The maximum absolute atomic E-state index is 11.5. The van der Waals surface area contributed by atoms with E-state index in [2.05, 4.69) is 9.47 Å². The predicted molar refractivity (Wildman–Crippen MR) is 25.8 cm³/mol. The van der Waals surface area contributed by atoms with Gasteiger partial charge in [-0.1, -0.05) is 0 Å². The molecule has 0 aliphatic carbocycles. The molecule has 0 saturated carbocycles. The average Bonchev–Trinajstić information content (AvgIpc) is 2.12. The fourth-order valence-electron chi connectivity index (χ4n) is 0.618. The van der Waals surface area contributed by atoms with Crippen LogP contribution in [0.3, 0.4) is 0 Å². The van der Waals surface area contributed by atoms with Crippen molar-refractivity contribution in [2.75, 3.05) is 13.2 Å². The molecule has 5 heteroatoms. The van der Waals surface area contributed by atoms with Crippen LogP contribution in [-0.4, -0.2) is 19.4 Å². The summed E-state index contributed by atoms with van der Waals surface area (Å²) < 4.78 is 43.6. The van der Waals surface area contributed by atoms with Gasteiger partial charge in [0.2, 0.25) is 6.29 Å². The van der Waals surface area contributed by atoms with Gasteiger partial charge in [-0.25, -0.2) is 0 Å². The lowest BCUT2D eigenvalue weighted by molar-refractivity contribution is -0.155. The fourth-order valence-corrected chi connectivity index (χ4v) is 0.618. The Morgan fingerprint density at radius 3 is 2.10 bits per heavy atom. The predicted octanol–water partition coefficient (Wildman–Crippen LogP) is 1.48. The molecule has 0 aromatic rings. The van der Waals surface area contributed by atoms with Crippen LogP contribution in [0.5, 0.6) is 0 Å². The van der Waals surface area contributed by atoms with Crippen LogP contribution < -0.4 is 0 Å². The summed E-state index contributed by atoms with van der Waals surface area (Å²) in [6.45, 7) is 0.455. The van der Waals surface area contributed by atoms with E-state index < -0.39 is 12.6 Å². The monoisotopic (exact) mass is 155 g/mol. The van der Waals surface area contributed by atoms with Crippen LogP contribution in [0.25, 0.3) is 0 Å². The van der Waals surface area contributed by atoms with Crippen LogP contribution in [0.15, 0.2) is 0 Å². The van der Waals surface area contributed by atoms with Gasteiger partial charge in [-0.15, -0.1) is 0 Å². The summed E-state index contributed by atoms with van der Waals surface area (Å²) in [6, 6.07) is 0. The molecule has 0 atom stereocenters. The van der Waals surface area contributed by atoms with Gasteiger partial charge in [0.25, 0.3) is 0 Å². The molecule has 0 amide bonds. The van der Waals surface area contributed by atoms with Crippen LogP contribution in [0.4, 0.5) is 13.2 Å². The van der Waals surface area contributed by atoms with Crippen molar-refractivity contribution in [3.63, 3.8) is 0 Å². The number of alkyl halides is 3. The molecule has 1 aliphatic heterocycles. The lowest BCUT2D eigenvalue weighted by atomic mass is 10.4. The topological polar surface area (TPSA) is 18.5 Å². The van der Waals surface area contributed by atoms with Gasteiger partial charge in [0.05, 0.1) is 13.2 Å². The zero-order valence-electron chi connectivity index (χ0n) is 5.07. The second-order valence-corrected chi connectivity index (χ2v) is 1.86. The van der Waals surface area contributed by atoms with Gasteiger partial charge in [0.15, 0.2) is 0 Å². The molecule has 1 rings (SSSR count). The van der Waals surface area contributed by atoms with E-state index in [0.29, 0.717) is 0 Å². The van der Waals surface area contributed by atoms with Crippen molar-refractivity contribution in [3.05, 3.63) is 6.29 Å². The van der Waals surface area contributed by atoms with E-state index in [1.54, 1.807) is 0 Å². The lowest BCUT2D eigenvalue weighted by Crippen LogP contribution is -2.13. The van der Waals surface area contributed by atoms with Crippen molar-refractivity contribution in [1.29, 1.82) is 0 Å². The smallest absolute Gasteiger partial charge is 0.343 e. The van der Waals surface area contributed by atoms with E-state index in [4.69, 9.17) is 0 Å². The number of halogens is 3. The first kappa shape index (κ1) is 7.81. The molecule has 0 bridgehead atoms. The Bertz CT molecular complexity index is 106. The summed E-state index contributed by atoms with van der Waals surface area (Å²) in [6.07, 6.45) is -5.63. The molecular weight excluding hydrogens is 149 g/mol. The zero-order valence-corrected chi connectivity index (χ0v) is 5.07. The Hall–Kier alpha value is -0.290. The van der Waals surface area contributed by atoms with Gasteiger partial charge in [-0.05, 0) is 0 Å². The van der Waals surface area contributed by atoms with Crippen LogP contribution in [0, 0.1) is 6.29 Å². The first-order valence-electron chi connectivity index (χ1n) is 2.76. The van der Waals surface area contributed by atoms with E-state index in [9.17, 15) is 13.2 Å². The van der Waals surface area contributed by atoms with Crippen molar-refractivity contribution >= 4 is 0 Å². The van der Waals surface area contributed by atoms with Gasteiger partial charge in [-0.2, -0.15) is 13.2 Å². The molecule has 10 heavy (non-hydrogen) atoms. The molecule has 0 aromatic heterocycles. The minimum Gasteiger partial charge on any atom is -0.343 e. The maximum Gasteiger partial charge on any atom is 0.394 e. The Balaban J connectivity index is 2.24. The SMILES string of the molecule is FC(F)(F)C[C]1OCCO1. The summed E-state index contributed by atoms with van der Waals surface area (Å²) in [5.74, 6) is 0. The summed E-state index contributed by atoms with van der Waals surface area (Å²) in [4.78, 5) is 0. The Morgan fingerprint density at radius 2 is 1.70 bits per heavy atom. The van der Waals surface area contributed by atoms with Crippen molar-refractivity contribution in [3.8, 4) is 0 Å². The van der Waals surface area contributed by atoms with Gasteiger partial charge in [0.1, 0.15) is 6.42 Å². The minimum atomic E-state index is -4.22. The molecule has 1 aliphatic rings. The molecule has 0 aromatic carbocycles. The first-order chi connectivity index (χ1) is 4.58. The Labute approximate surface area is 55.9 Å². The van der Waals surface area contributed by atoms with Gasteiger partial charge in [0, 0.05) is 0 Å². The molecular formula is C5H6F3O2. The molecule has 1 heterocycles. The van der Waals surface area contributed by atoms with E-state index in [1.165, 1.54) is 0 Å². The second kappa shape index (κ2) is 2.75. The molecule has 59 valence electrons. The number of hydrogen-bond acceptors (Lipinski definition) is 2. The van der Waals surface area contributed by atoms with Gasteiger partial charge in [-0.3, -0.25) is 0 Å². The number of hydrogen-bond donors (Lipinski definition) is 0. The normalized spacial score (nSPS) is 21.9. The molecule has 0 spiro atoms. The molecule has 0 unspecified atom stereocenters. The van der Waals surface area contributed by atoms with Crippen LogP contribution >= 0.6 is 0 Å². The van der Waals surface area contributed by atoms with E-state index in [-0.39, 0.29) is 19.5 Å². The third kappa shape index (κ3) is 2.53. The van der Waals surface area contributed by atoms with Crippen LogP contribution in [-0.2, 0) is 9.47 Å². The van der Waals surface area contributed by atoms with Crippen LogP contribution in [0.1, 0.15) is 6.42 Å². The minimum absolute atomic E-state index is 0.228. The summed E-state index contributed by atoms with van der Waals surface area (Å²) >= 11 is 0. The summed E-state index contributed by atoms with van der Waals surface area (Å²) in [5.41, 5.74) is 0. The van der Waals surface area contributed by atoms with Gasteiger partial charge >= 0.3 is 6.18 Å². The van der Waals surface area contributed by atoms with E-state index in [1.807, 2.05) is 0 Å². The summed E-state index contributed by atoms with van der Waals surface area (Å²) in [7, 11) is 0. The lowest BCUT2D eigenvalue weighted by Gasteiger charge is -2.08. The largest absolute Gasteiger partial charge is 0.394 e. The zero-order chi connectivity index (χ0) is 7.61.